The van der Waals surface area contributed by atoms with Gasteiger partial charge < -0.3 is 24.3 Å². The maximum atomic E-state index is 13.9. The summed E-state index contributed by atoms with van der Waals surface area (Å²) in [6, 6.07) is 12.8. The van der Waals surface area contributed by atoms with Gasteiger partial charge in [0.25, 0.3) is 5.69 Å². The number of rotatable bonds is 4. The van der Waals surface area contributed by atoms with Crippen LogP contribution in [0.2, 0.25) is 0 Å². The van der Waals surface area contributed by atoms with Gasteiger partial charge in [0.2, 0.25) is 11.8 Å². The molecule has 2 atom stereocenters. The quantitative estimate of drug-likeness (QED) is 0.475. The average Bonchev–Trinajstić information content (AvgIpc) is 2.91. The summed E-state index contributed by atoms with van der Waals surface area (Å²) in [6.45, 7) is 5.67. The highest BCUT2D eigenvalue weighted by Crippen LogP contribution is 2.40. The lowest BCUT2D eigenvalue weighted by atomic mass is 9.82. The smallest absolute Gasteiger partial charge is 0.269 e. The summed E-state index contributed by atoms with van der Waals surface area (Å²) >= 11 is 0. The SMILES string of the molecule is COc1ccccc1N1CCN2c3ccc([N+](=O)[O-])cc3CC(C(=O)N3CCN(C(C)=O)CC3)C2C1. The summed E-state index contributed by atoms with van der Waals surface area (Å²) in [5.74, 6) is 0.515. The number of hydrogen-bond donors (Lipinski definition) is 0. The van der Waals surface area contributed by atoms with Gasteiger partial charge in [-0.3, -0.25) is 19.7 Å². The second-order valence-corrected chi connectivity index (χ2v) is 9.59. The summed E-state index contributed by atoms with van der Waals surface area (Å²) in [7, 11) is 1.66. The van der Waals surface area contributed by atoms with Crippen LogP contribution in [0.1, 0.15) is 12.5 Å². The minimum Gasteiger partial charge on any atom is -0.495 e. The molecule has 10 heteroatoms. The van der Waals surface area contributed by atoms with Crippen molar-refractivity contribution in [3.63, 3.8) is 0 Å². The number of piperazine rings is 2. The van der Waals surface area contributed by atoms with Crippen molar-refractivity contribution in [2.24, 2.45) is 5.92 Å². The van der Waals surface area contributed by atoms with E-state index in [0.29, 0.717) is 45.7 Å². The minimum absolute atomic E-state index is 0.0203. The number of ether oxygens (including phenoxy) is 1. The largest absolute Gasteiger partial charge is 0.495 e. The van der Waals surface area contributed by atoms with Gasteiger partial charge in [-0.05, 0) is 30.2 Å². The summed E-state index contributed by atoms with van der Waals surface area (Å²) < 4.78 is 5.60. The summed E-state index contributed by atoms with van der Waals surface area (Å²) in [5.41, 5.74) is 2.85. The third-order valence-electron chi connectivity index (χ3n) is 7.69. The molecular formula is C26H31N5O5. The van der Waals surface area contributed by atoms with Crippen LogP contribution in [0.15, 0.2) is 42.5 Å². The monoisotopic (exact) mass is 493 g/mol. The highest BCUT2D eigenvalue weighted by Gasteiger charge is 2.44. The molecule has 0 aromatic heterocycles. The number of benzene rings is 2. The molecule has 2 aromatic carbocycles. The Morgan fingerprint density at radius 2 is 1.69 bits per heavy atom. The van der Waals surface area contributed by atoms with Gasteiger partial charge in [0.15, 0.2) is 0 Å². The third kappa shape index (κ3) is 4.31. The van der Waals surface area contributed by atoms with E-state index in [-0.39, 0.29) is 34.4 Å². The zero-order chi connectivity index (χ0) is 25.4. The number of fused-ring (bicyclic) bond motifs is 3. The second kappa shape index (κ2) is 9.67. The number of anilines is 2. The van der Waals surface area contributed by atoms with Crippen LogP contribution in [0.4, 0.5) is 17.1 Å². The number of hydrogen-bond acceptors (Lipinski definition) is 7. The van der Waals surface area contributed by atoms with Crippen molar-refractivity contribution < 1.29 is 19.2 Å². The molecule has 36 heavy (non-hydrogen) atoms. The minimum atomic E-state index is -0.385. The van der Waals surface area contributed by atoms with Crippen molar-refractivity contribution in [1.82, 2.24) is 9.80 Å². The van der Waals surface area contributed by atoms with E-state index in [2.05, 4.69) is 9.80 Å². The van der Waals surface area contributed by atoms with Crippen LogP contribution in [0.3, 0.4) is 0 Å². The highest BCUT2D eigenvalue weighted by molar-refractivity contribution is 5.83. The molecule has 0 bridgehead atoms. The molecule has 0 spiro atoms. The predicted octanol–water partition coefficient (Wildman–Crippen LogP) is 2.16. The number of methoxy groups -OCH3 is 1. The number of para-hydroxylation sites is 2. The van der Waals surface area contributed by atoms with Crippen molar-refractivity contribution in [3.8, 4) is 5.75 Å². The Labute approximate surface area is 210 Å². The predicted molar refractivity (Wildman–Crippen MR) is 135 cm³/mol. The number of non-ortho nitro benzene ring substituents is 1. The molecular weight excluding hydrogens is 462 g/mol. The Bertz CT molecular complexity index is 1180. The van der Waals surface area contributed by atoms with Crippen LogP contribution in [-0.2, 0) is 16.0 Å². The topological polar surface area (TPSA) is 99.5 Å². The first kappa shape index (κ1) is 23.9. The molecule has 0 N–H and O–H groups in total. The van der Waals surface area contributed by atoms with Crippen LogP contribution in [0, 0.1) is 16.0 Å². The highest BCUT2D eigenvalue weighted by atomic mass is 16.6. The standard InChI is InChI=1S/C26H31N5O5/c1-18(32)27-9-11-28(12-10-27)26(33)21-16-19-15-20(31(34)35)7-8-22(19)30-14-13-29(17-24(21)30)23-5-3-4-6-25(23)36-2/h3-8,15,21,24H,9-14,16-17H2,1-2H3. The first-order chi connectivity index (χ1) is 17.4. The number of nitro groups is 1. The van der Waals surface area contributed by atoms with E-state index >= 15 is 0 Å². The van der Waals surface area contributed by atoms with E-state index < -0.39 is 0 Å². The van der Waals surface area contributed by atoms with Crippen molar-refractivity contribution in [1.29, 1.82) is 0 Å². The number of nitro benzene ring substituents is 1. The van der Waals surface area contributed by atoms with Crippen molar-refractivity contribution in [3.05, 3.63) is 58.1 Å². The molecule has 3 heterocycles. The Morgan fingerprint density at radius 3 is 2.39 bits per heavy atom. The molecule has 2 fully saturated rings. The zero-order valence-corrected chi connectivity index (χ0v) is 20.6. The Morgan fingerprint density at radius 1 is 0.972 bits per heavy atom. The van der Waals surface area contributed by atoms with Gasteiger partial charge in [0.05, 0.1) is 29.7 Å². The number of amides is 2. The molecule has 0 saturated carbocycles. The fraction of sp³-hybridized carbons (Fsp3) is 0.462. The van der Waals surface area contributed by atoms with Crippen LogP contribution in [0.25, 0.3) is 0 Å². The van der Waals surface area contributed by atoms with Gasteiger partial charge >= 0.3 is 0 Å². The second-order valence-electron chi connectivity index (χ2n) is 9.59. The van der Waals surface area contributed by atoms with Gasteiger partial charge in [-0.15, -0.1) is 0 Å². The summed E-state index contributed by atoms with van der Waals surface area (Å²) in [6.07, 6.45) is 0.448. The molecule has 2 saturated heterocycles. The van der Waals surface area contributed by atoms with E-state index in [4.69, 9.17) is 4.74 Å². The first-order valence-corrected chi connectivity index (χ1v) is 12.3. The normalized spacial score (nSPS) is 21.5. The van der Waals surface area contributed by atoms with Crippen LogP contribution in [-0.4, -0.2) is 85.5 Å². The number of carbonyl (C=O) groups excluding carboxylic acids is 2. The number of carbonyl (C=O) groups is 2. The lowest BCUT2D eigenvalue weighted by molar-refractivity contribution is -0.384. The Kier molecular flexibility index (Phi) is 6.42. The van der Waals surface area contributed by atoms with Crippen LogP contribution < -0.4 is 14.5 Å². The molecule has 2 aromatic rings. The molecule has 3 aliphatic rings. The molecule has 2 unspecified atom stereocenters. The maximum Gasteiger partial charge on any atom is 0.269 e. The Hall–Kier alpha value is -3.82. The van der Waals surface area contributed by atoms with E-state index in [1.54, 1.807) is 31.1 Å². The maximum absolute atomic E-state index is 13.9. The van der Waals surface area contributed by atoms with Crippen molar-refractivity contribution >= 4 is 28.9 Å². The van der Waals surface area contributed by atoms with E-state index in [0.717, 1.165) is 29.2 Å². The molecule has 3 aliphatic heterocycles. The molecule has 10 nitrogen and oxygen atoms in total. The fourth-order valence-corrected chi connectivity index (χ4v) is 5.79. The molecule has 190 valence electrons. The lowest BCUT2D eigenvalue weighted by Gasteiger charge is -2.50. The van der Waals surface area contributed by atoms with E-state index in [1.807, 2.05) is 35.2 Å². The third-order valence-corrected chi connectivity index (χ3v) is 7.69. The molecule has 0 aliphatic carbocycles. The van der Waals surface area contributed by atoms with Gasteiger partial charge in [0, 0.05) is 70.6 Å². The van der Waals surface area contributed by atoms with Gasteiger partial charge in [-0.25, -0.2) is 0 Å². The molecule has 0 radical (unpaired) electrons. The first-order valence-electron chi connectivity index (χ1n) is 12.3. The van der Waals surface area contributed by atoms with Crippen molar-refractivity contribution in [2.75, 3.05) is 62.7 Å². The van der Waals surface area contributed by atoms with Crippen LogP contribution >= 0.6 is 0 Å². The lowest BCUT2D eigenvalue weighted by Crippen LogP contribution is -2.62. The average molecular weight is 494 g/mol. The van der Waals surface area contributed by atoms with E-state index in [9.17, 15) is 19.7 Å². The van der Waals surface area contributed by atoms with Crippen molar-refractivity contribution in [2.45, 2.75) is 19.4 Å². The summed E-state index contributed by atoms with van der Waals surface area (Å²) in [4.78, 5) is 44.9. The van der Waals surface area contributed by atoms with Gasteiger partial charge in [-0.2, -0.15) is 0 Å². The Balaban J connectivity index is 1.46. The number of nitrogens with zero attached hydrogens (tertiary/aromatic N) is 5. The zero-order valence-electron chi connectivity index (χ0n) is 20.6. The molecule has 5 rings (SSSR count). The van der Waals surface area contributed by atoms with Gasteiger partial charge in [-0.1, -0.05) is 12.1 Å². The fourth-order valence-electron chi connectivity index (χ4n) is 5.79. The van der Waals surface area contributed by atoms with E-state index in [1.165, 1.54) is 0 Å². The van der Waals surface area contributed by atoms with Crippen LogP contribution in [0.5, 0.6) is 5.75 Å². The molecule has 2 amide bonds. The summed E-state index contributed by atoms with van der Waals surface area (Å²) in [5, 5.41) is 11.4. The van der Waals surface area contributed by atoms with Gasteiger partial charge in [0.1, 0.15) is 5.75 Å².